The van der Waals surface area contributed by atoms with Gasteiger partial charge in [-0.15, -0.1) is 0 Å². The molecule has 21 heavy (non-hydrogen) atoms. The number of anilines is 1. The van der Waals surface area contributed by atoms with E-state index in [4.69, 9.17) is 15.2 Å². The molecule has 3 N–H and O–H groups in total. The lowest BCUT2D eigenvalue weighted by molar-refractivity contribution is 0.0949. The molecule has 1 aliphatic heterocycles. The number of nitrogens with two attached hydrogens (primary N) is 1. The van der Waals surface area contributed by atoms with Crippen molar-refractivity contribution < 1.29 is 14.3 Å². The molecule has 2 heterocycles. The van der Waals surface area contributed by atoms with Crippen LogP contribution < -0.4 is 20.5 Å². The maximum atomic E-state index is 12.1. The molecule has 0 aliphatic carbocycles. The molecule has 3 rings (SSSR count). The van der Waals surface area contributed by atoms with Gasteiger partial charge in [-0.2, -0.15) is 5.10 Å². The Morgan fingerprint density at radius 1 is 1.38 bits per heavy atom. The summed E-state index contributed by atoms with van der Waals surface area (Å²) in [4.78, 5) is 12.1. The molecule has 0 fully saturated rings. The zero-order valence-electron chi connectivity index (χ0n) is 11.6. The third kappa shape index (κ3) is 2.62. The number of benzene rings is 1. The van der Waals surface area contributed by atoms with Crippen molar-refractivity contribution in [2.24, 2.45) is 7.05 Å². The minimum absolute atomic E-state index is 0.199. The molecule has 1 aromatic heterocycles. The van der Waals surface area contributed by atoms with Crippen molar-refractivity contribution in [3.05, 3.63) is 35.5 Å². The molecule has 7 nitrogen and oxygen atoms in total. The Balaban J connectivity index is 1.69. The summed E-state index contributed by atoms with van der Waals surface area (Å²) in [6, 6.07) is 5.12. The van der Waals surface area contributed by atoms with Gasteiger partial charge in [0.2, 0.25) is 0 Å². The van der Waals surface area contributed by atoms with Crippen LogP contribution in [0.4, 0.5) is 5.82 Å². The van der Waals surface area contributed by atoms with Crippen LogP contribution in [-0.2, 0) is 13.6 Å². The predicted octanol–water partition coefficient (Wildman–Crippen LogP) is 0.703. The van der Waals surface area contributed by atoms with Gasteiger partial charge in [-0.05, 0) is 18.2 Å². The van der Waals surface area contributed by atoms with E-state index in [0.29, 0.717) is 42.6 Å². The number of nitrogens with one attached hydrogen (secondary N) is 1. The van der Waals surface area contributed by atoms with Crippen molar-refractivity contribution in [2.75, 3.05) is 18.9 Å². The van der Waals surface area contributed by atoms with Gasteiger partial charge in [0.15, 0.2) is 11.5 Å². The highest BCUT2D eigenvalue weighted by Gasteiger charge is 2.15. The second-order valence-electron chi connectivity index (χ2n) is 4.72. The van der Waals surface area contributed by atoms with Gasteiger partial charge in [0.25, 0.3) is 5.91 Å². The third-order valence-corrected chi connectivity index (χ3v) is 3.31. The molecule has 0 atom stereocenters. The van der Waals surface area contributed by atoms with E-state index in [0.717, 1.165) is 5.56 Å². The number of nitrogens with zero attached hydrogens (tertiary/aromatic N) is 2. The second-order valence-corrected chi connectivity index (χ2v) is 4.72. The van der Waals surface area contributed by atoms with E-state index in [1.165, 1.54) is 0 Å². The van der Waals surface area contributed by atoms with Gasteiger partial charge in [-0.25, -0.2) is 0 Å². The van der Waals surface area contributed by atoms with Crippen LogP contribution in [0.5, 0.6) is 11.5 Å². The summed E-state index contributed by atoms with van der Waals surface area (Å²) in [6.45, 7) is 1.34. The monoisotopic (exact) mass is 288 g/mol. The van der Waals surface area contributed by atoms with Crippen molar-refractivity contribution in [3.63, 3.8) is 0 Å². The molecular weight excluding hydrogens is 272 g/mol. The Hall–Kier alpha value is -2.70. The van der Waals surface area contributed by atoms with E-state index in [9.17, 15) is 4.79 Å². The van der Waals surface area contributed by atoms with E-state index in [-0.39, 0.29) is 5.91 Å². The highest BCUT2D eigenvalue weighted by molar-refractivity contribution is 5.94. The number of aromatic nitrogens is 2. The highest BCUT2D eigenvalue weighted by atomic mass is 16.6. The standard InChI is InChI=1S/C14H16N4O3/c1-18-13(15)10(8-17-18)7-16-14(19)9-2-3-11-12(6-9)21-5-4-20-11/h2-3,6,8H,4-5,7,15H2,1H3,(H,16,19). The largest absolute Gasteiger partial charge is 0.486 e. The van der Waals surface area contributed by atoms with Gasteiger partial charge in [0.1, 0.15) is 19.0 Å². The van der Waals surface area contributed by atoms with Gasteiger partial charge in [0, 0.05) is 24.7 Å². The average Bonchev–Trinajstić information content (AvgIpc) is 2.84. The molecule has 0 spiro atoms. The summed E-state index contributed by atoms with van der Waals surface area (Å²) in [5.74, 6) is 1.59. The molecule has 0 saturated carbocycles. The predicted molar refractivity (Wildman–Crippen MR) is 76.2 cm³/mol. The Bertz CT molecular complexity index is 681. The summed E-state index contributed by atoms with van der Waals surface area (Å²) in [5, 5.41) is 6.84. The molecule has 0 radical (unpaired) electrons. The van der Waals surface area contributed by atoms with Crippen LogP contribution in [0, 0.1) is 0 Å². The Morgan fingerprint density at radius 3 is 2.86 bits per heavy atom. The molecule has 0 unspecified atom stereocenters. The van der Waals surface area contributed by atoms with E-state index in [2.05, 4.69) is 10.4 Å². The van der Waals surface area contributed by atoms with Crippen LogP contribution in [0.25, 0.3) is 0 Å². The number of hydrogen-bond acceptors (Lipinski definition) is 5. The van der Waals surface area contributed by atoms with E-state index >= 15 is 0 Å². The minimum atomic E-state index is -0.199. The van der Waals surface area contributed by atoms with E-state index < -0.39 is 0 Å². The number of aryl methyl sites for hydroxylation is 1. The first-order valence-corrected chi connectivity index (χ1v) is 6.59. The first kappa shape index (κ1) is 13.3. The lowest BCUT2D eigenvalue weighted by Crippen LogP contribution is -2.23. The lowest BCUT2D eigenvalue weighted by atomic mass is 10.1. The van der Waals surface area contributed by atoms with Crippen molar-refractivity contribution >= 4 is 11.7 Å². The summed E-state index contributed by atoms with van der Waals surface area (Å²) in [5.41, 5.74) is 7.13. The van der Waals surface area contributed by atoms with Gasteiger partial charge in [0.05, 0.1) is 6.20 Å². The quantitative estimate of drug-likeness (QED) is 0.867. The van der Waals surface area contributed by atoms with Crippen molar-refractivity contribution in [2.45, 2.75) is 6.54 Å². The minimum Gasteiger partial charge on any atom is -0.486 e. The number of fused-ring (bicyclic) bond motifs is 1. The third-order valence-electron chi connectivity index (χ3n) is 3.31. The molecule has 110 valence electrons. The first-order chi connectivity index (χ1) is 10.1. The van der Waals surface area contributed by atoms with Crippen molar-refractivity contribution in [1.82, 2.24) is 15.1 Å². The number of carbonyl (C=O) groups is 1. The fraction of sp³-hybridized carbons (Fsp3) is 0.286. The van der Waals surface area contributed by atoms with Crippen molar-refractivity contribution in [3.8, 4) is 11.5 Å². The van der Waals surface area contributed by atoms with Gasteiger partial charge < -0.3 is 20.5 Å². The molecule has 0 saturated heterocycles. The zero-order chi connectivity index (χ0) is 14.8. The molecular formula is C14H16N4O3. The summed E-state index contributed by atoms with van der Waals surface area (Å²) >= 11 is 0. The number of rotatable bonds is 3. The number of amides is 1. The summed E-state index contributed by atoms with van der Waals surface area (Å²) < 4.78 is 12.4. The first-order valence-electron chi connectivity index (χ1n) is 6.59. The lowest BCUT2D eigenvalue weighted by Gasteiger charge is -2.18. The number of nitrogen functional groups attached to an aromatic ring is 1. The fourth-order valence-corrected chi connectivity index (χ4v) is 2.09. The van der Waals surface area contributed by atoms with Crippen molar-refractivity contribution in [1.29, 1.82) is 0 Å². The van der Waals surface area contributed by atoms with Gasteiger partial charge >= 0.3 is 0 Å². The van der Waals surface area contributed by atoms with Gasteiger partial charge in [-0.3, -0.25) is 9.48 Å². The topological polar surface area (TPSA) is 91.4 Å². The summed E-state index contributed by atoms with van der Waals surface area (Å²) in [7, 11) is 1.75. The second kappa shape index (κ2) is 5.35. The van der Waals surface area contributed by atoms with E-state index in [1.54, 1.807) is 36.1 Å². The zero-order valence-corrected chi connectivity index (χ0v) is 11.6. The van der Waals surface area contributed by atoms with Crippen LogP contribution in [0.2, 0.25) is 0 Å². The highest BCUT2D eigenvalue weighted by Crippen LogP contribution is 2.30. The van der Waals surface area contributed by atoms with Crippen LogP contribution in [0.1, 0.15) is 15.9 Å². The summed E-state index contributed by atoms with van der Waals surface area (Å²) in [6.07, 6.45) is 1.64. The number of carbonyl (C=O) groups excluding carboxylic acids is 1. The van der Waals surface area contributed by atoms with Crippen LogP contribution in [0.3, 0.4) is 0 Å². The normalized spacial score (nSPS) is 13.0. The Labute approximate surface area is 121 Å². The van der Waals surface area contributed by atoms with Crippen LogP contribution in [0.15, 0.2) is 24.4 Å². The average molecular weight is 288 g/mol. The number of ether oxygens (including phenoxy) is 2. The molecule has 1 aliphatic rings. The SMILES string of the molecule is Cn1ncc(CNC(=O)c2ccc3c(c2)OCCO3)c1N. The van der Waals surface area contributed by atoms with Gasteiger partial charge in [-0.1, -0.05) is 0 Å². The maximum absolute atomic E-state index is 12.1. The number of hydrogen-bond donors (Lipinski definition) is 2. The fourth-order valence-electron chi connectivity index (χ4n) is 2.09. The Kier molecular flexibility index (Phi) is 3.39. The molecule has 0 bridgehead atoms. The smallest absolute Gasteiger partial charge is 0.251 e. The molecule has 7 heteroatoms. The molecule has 1 aromatic carbocycles. The Morgan fingerprint density at radius 2 is 2.14 bits per heavy atom. The van der Waals surface area contributed by atoms with Crippen LogP contribution >= 0.6 is 0 Å². The van der Waals surface area contributed by atoms with Crippen LogP contribution in [-0.4, -0.2) is 28.9 Å². The van der Waals surface area contributed by atoms with E-state index in [1.807, 2.05) is 0 Å². The molecule has 1 amide bonds. The molecule has 2 aromatic rings. The maximum Gasteiger partial charge on any atom is 0.251 e.